The summed E-state index contributed by atoms with van der Waals surface area (Å²) in [6.07, 6.45) is 4.48. The molecule has 0 unspecified atom stereocenters. The molecule has 140 valence electrons. The SMILES string of the molecule is C[C@H](Sc1nc2c(n1-c1ccccc1)CCCC2)C(=O)NCc1cccs1. The molecule has 4 nitrogen and oxygen atoms in total. The highest BCUT2D eigenvalue weighted by Gasteiger charge is 2.24. The molecule has 1 atom stereocenters. The second-order valence-electron chi connectivity index (χ2n) is 6.72. The first-order chi connectivity index (χ1) is 13.2. The van der Waals surface area contributed by atoms with E-state index < -0.39 is 0 Å². The summed E-state index contributed by atoms with van der Waals surface area (Å²) in [7, 11) is 0. The Kier molecular flexibility index (Phi) is 5.64. The first-order valence-electron chi connectivity index (χ1n) is 9.35. The summed E-state index contributed by atoms with van der Waals surface area (Å²) < 4.78 is 2.25. The molecule has 1 aromatic carbocycles. The Balaban J connectivity index is 1.54. The molecule has 2 aromatic heterocycles. The van der Waals surface area contributed by atoms with Crippen LogP contribution in [0.15, 0.2) is 53.0 Å². The zero-order chi connectivity index (χ0) is 18.6. The summed E-state index contributed by atoms with van der Waals surface area (Å²) >= 11 is 3.21. The molecule has 0 fully saturated rings. The minimum atomic E-state index is -0.198. The predicted molar refractivity (Wildman–Crippen MR) is 112 cm³/mol. The smallest absolute Gasteiger partial charge is 0.233 e. The van der Waals surface area contributed by atoms with Gasteiger partial charge in [-0.05, 0) is 56.2 Å². The van der Waals surface area contributed by atoms with E-state index in [1.165, 1.54) is 29.1 Å². The number of nitrogens with zero attached hydrogens (tertiary/aromatic N) is 2. The lowest BCUT2D eigenvalue weighted by molar-refractivity contribution is -0.120. The van der Waals surface area contributed by atoms with Crippen LogP contribution in [0.1, 0.15) is 36.0 Å². The molecule has 1 amide bonds. The van der Waals surface area contributed by atoms with Crippen LogP contribution in [0.4, 0.5) is 0 Å². The molecule has 4 rings (SSSR count). The van der Waals surface area contributed by atoms with Gasteiger partial charge >= 0.3 is 0 Å². The molecule has 3 aromatic rings. The third kappa shape index (κ3) is 4.12. The number of thioether (sulfide) groups is 1. The number of rotatable bonds is 6. The average molecular weight is 398 g/mol. The van der Waals surface area contributed by atoms with Crippen molar-refractivity contribution in [2.24, 2.45) is 0 Å². The van der Waals surface area contributed by atoms with Crippen molar-refractivity contribution in [1.82, 2.24) is 14.9 Å². The van der Waals surface area contributed by atoms with Gasteiger partial charge < -0.3 is 5.32 Å². The number of carbonyl (C=O) groups is 1. The van der Waals surface area contributed by atoms with E-state index in [1.54, 1.807) is 23.1 Å². The van der Waals surface area contributed by atoms with Crippen LogP contribution in [0.3, 0.4) is 0 Å². The standard InChI is InChI=1S/C21H23N3OS2/c1-15(20(25)22-14-17-10-7-13-26-17)27-21-23-18-11-5-6-12-19(18)24(21)16-8-3-2-4-9-16/h2-4,7-10,13,15H,5-6,11-12,14H2,1H3,(H,22,25)/t15-/m0/s1. The number of imidazole rings is 1. The molecule has 0 aliphatic heterocycles. The van der Waals surface area contributed by atoms with Crippen LogP contribution >= 0.6 is 23.1 Å². The Labute approximate surface area is 168 Å². The third-order valence-corrected chi connectivity index (χ3v) is 6.71. The van der Waals surface area contributed by atoms with Gasteiger partial charge in [-0.15, -0.1) is 11.3 Å². The Morgan fingerprint density at radius 3 is 2.81 bits per heavy atom. The quantitative estimate of drug-likeness (QED) is 0.618. The predicted octanol–water partition coefficient (Wildman–Crippen LogP) is 4.61. The van der Waals surface area contributed by atoms with Gasteiger partial charge in [0, 0.05) is 16.3 Å². The Hall–Kier alpha value is -2.05. The van der Waals surface area contributed by atoms with E-state index in [9.17, 15) is 4.79 Å². The van der Waals surface area contributed by atoms with Crippen LogP contribution in [-0.4, -0.2) is 20.7 Å². The van der Waals surface area contributed by atoms with E-state index in [2.05, 4.69) is 34.1 Å². The number of fused-ring (bicyclic) bond motifs is 1. The highest BCUT2D eigenvalue weighted by Crippen LogP contribution is 2.32. The molecular weight excluding hydrogens is 374 g/mol. The number of carbonyl (C=O) groups excluding carboxylic acids is 1. The van der Waals surface area contributed by atoms with E-state index in [1.807, 2.05) is 30.5 Å². The maximum Gasteiger partial charge on any atom is 0.233 e. The van der Waals surface area contributed by atoms with Crippen molar-refractivity contribution >= 4 is 29.0 Å². The van der Waals surface area contributed by atoms with Gasteiger partial charge in [-0.2, -0.15) is 0 Å². The molecule has 0 bridgehead atoms. The lowest BCUT2D eigenvalue weighted by Crippen LogP contribution is -2.30. The molecule has 1 aliphatic rings. The number of hydrogen-bond donors (Lipinski definition) is 1. The number of aromatic nitrogens is 2. The minimum absolute atomic E-state index is 0.0500. The van der Waals surface area contributed by atoms with Gasteiger partial charge in [0.1, 0.15) is 0 Å². The van der Waals surface area contributed by atoms with Gasteiger partial charge in [0.25, 0.3) is 0 Å². The molecule has 6 heteroatoms. The minimum Gasteiger partial charge on any atom is -0.350 e. The van der Waals surface area contributed by atoms with Crippen LogP contribution in [0.5, 0.6) is 0 Å². The lowest BCUT2D eigenvalue weighted by Gasteiger charge is -2.16. The fourth-order valence-corrected chi connectivity index (χ4v) is 5.02. The van der Waals surface area contributed by atoms with Crippen LogP contribution in [0.2, 0.25) is 0 Å². The van der Waals surface area contributed by atoms with Crippen molar-refractivity contribution in [3.63, 3.8) is 0 Å². The van der Waals surface area contributed by atoms with Crippen molar-refractivity contribution in [1.29, 1.82) is 0 Å². The molecule has 0 radical (unpaired) electrons. The van der Waals surface area contributed by atoms with E-state index in [4.69, 9.17) is 4.98 Å². The van der Waals surface area contributed by atoms with E-state index >= 15 is 0 Å². The molecule has 0 saturated carbocycles. The van der Waals surface area contributed by atoms with E-state index in [0.717, 1.165) is 23.7 Å². The van der Waals surface area contributed by atoms with Crippen LogP contribution in [0, 0.1) is 0 Å². The molecular formula is C21H23N3OS2. The summed E-state index contributed by atoms with van der Waals surface area (Å²) in [6, 6.07) is 14.4. The monoisotopic (exact) mass is 397 g/mol. The Morgan fingerprint density at radius 2 is 2.04 bits per heavy atom. The molecule has 27 heavy (non-hydrogen) atoms. The summed E-state index contributed by atoms with van der Waals surface area (Å²) in [4.78, 5) is 18.6. The third-order valence-electron chi connectivity index (χ3n) is 4.78. The topological polar surface area (TPSA) is 46.9 Å². The summed E-state index contributed by atoms with van der Waals surface area (Å²) in [5.74, 6) is 0.0500. The summed E-state index contributed by atoms with van der Waals surface area (Å²) in [6.45, 7) is 2.54. The molecule has 1 aliphatic carbocycles. The van der Waals surface area contributed by atoms with Crippen LogP contribution in [-0.2, 0) is 24.2 Å². The van der Waals surface area contributed by atoms with E-state index in [0.29, 0.717) is 6.54 Å². The van der Waals surface area contributed by atoms with Crippen molar-refractivity contribution in [3.8, 4) is 5.69 Å². The fraction of sp³-hybridized carbons (Fsp3) is 0.333. The maximum absolute atomic E-state index is 12.6. The average Bonchev–Trinajstić information content (AvgIpc) is 3.34. The first kappa shape index (κ1) is 18.3. The normalized spacial score (nSPS) is 14.6. The van der Waals surface area contributed by atoms with Crippen molar-refractivity contribution in [2.45, 2.75) is 49.6 Å². The van der Waals surface area contributed by atoms with Crippen molar-refractivity contribution in [3.05, 3.63) is 64.1 Å². The summed E-state index contributed by atoms with van der Waals surface area (Å²) in [5, 5.41) is 5.79. The van der Waals surface area contributed by atoms with Gasteiger partial charge in [0.2, 0.25) is 5.91 Å². The van der Waals surface area contributed by atoms with E-state index in [-0.39, 0.29) is 11.2 Å². The maximum atomic E-state index is 12.6. The number of thiophene rings is 1. The lowest BCUT2D eigenvalue weighted by atomic mass is 10.0. The molecule has 0 saturated heterocycles. The Morgan fingerprint density at radius 1 is 1.22 bits per heavy atom. The number of nitrogens with one attached hydrogen (secondary N) is 1. The number of amides is 1. The van der Waals surface area contributed by atoms with Crippen LogP contribution in [0.25, 0.3) is 5.69 Å². The second kappa shape index (κ2) is 8.31. The molecule has 0 spiro atoms. The van der Waals surface area contributed by atoms with Crippen LogP contribution < -0.4 is 5.32 Å². The molecule has 1 N–H and O–H groups in total. The number of aryl methyl sites for hydroxylation is 1. The number of para-hydroxylation sites is 1. The number of hydrogen-bond acceptors (Lipinski definition) is 4. The van der Waals surface area contributed by atoms with Crippen molar-refractivity contribution < 1.29 is 4.79 Å². The molecule has 2 heterocycles. The van der Waals surface area contributed by atoms with Gasteiger partial charge in [0.05, 0.1) is 17.5 Å². The first-order valence-corrected chi connectivity index (χ1v) is 11.1. The summed E-state index contributed by atoms with van der Waals surface area (Å²) in [5.41, 5.74) is 3.63. The Bertz CT molecular complexity index is 903. The van der Waals surface area contributed by atoms with Gasteiger partial charge in [-0.1, -0.05) is 36.0 Å². The second-order valence-corrected chi connectivity index (χ2v) is 9.06. The highest BCUT2D eigenvalue weighted by molar-refractivity contribution is 8.00. The fourth-order valence-electron chi connectivity index (χ4n) is 3.38. The van der Waals surface area contributed by atoms with Gasteiger partial charge in [-0.25, -0.2) is 4.98 Å². The van der Waals surface area contributed by atoms with Gasteiger partial charge in [0.15, 0.2) is 5.16 Å². The zero-order valence-corrected chi connectivity index (χ0v) is 17.0. The largest absolute Gasteiger partial charge is 0.350 e. The van der Waals surface area contributed by atoms with Gasteiger partial charge in [-0.3, -0.25) is 9.36 Å². The highest BCUT2D eigenvalue weighted by atomic mass is 32.2. The zero-order valence-electron chi connectivity index (χ0n) is 15.4. The van der Waals surface area contributed by atoms with Crippen molar-refractivity contribution in [2.75, 3.05) is 0 Å². The number of benzene rings is 1.